The normalized spacial score (nSPS) is 20.8. The quantitative estimate of drug-likeness (QED) is 0.458. The first kappa shape index (κ1) is 23.1. The Labute approximate surface area is 209 Å². The minimum absolute atomic E-state index is 0.101. The summed E-state index contributed by atoms with van der Waals surface area (Å²) in [6, 6.07) is 11.0. The van der Waals surface area contributed by atoms with Crippen LogP contribution >= 0.6 is 23.2 Å². The number of hydrogen-bond donors (Lipinski definition) is 0. The first-order valence-corrected chi connectivity index (χ1v) is 12.4. The van der Waals surface area contributed by atoms with E-state index in [0.717, 1.165) is 50.7 Å². The van der Waals surface area contributed by atoms with Gasteiger partial charge in [0.05, 0.1) is 15.7 Å². The highest BCUT2D eigenvalue weighted by molar-refractivity contribution is 6.33. The molecule has 2 fully saturated rings. The fourth-order valence-electron chi connectivity index (χ4n) is 4.83. The van der Waals surface area contributed by atoms with Gasteiger partial charge in [0.25, 0.3) is 0 Å². The molecule has 0 spiro atoms. The fourth-order valence-corrected chi connectivity index (χ4v) is 5.19. The molecule has 0 saturated carbocycles. The lowest BCUT2D eigenvalue weighted by Gasteiger charge is -2.41. The van der Waals surface area contributed by atoms with Gasteiger partial charge in [0, 0.05) is 56.1 Å². The average Bonchev–Trinajstić information content (AvgIpc) is 3.26. The maximum absolute atomic E-state index is 14.3. The Balaban J connectivity index is 1.49. The molecule has 0 N–H and O–H groups in total. The van der Waals surface area contributed by atoms with Crippen LogP contribution in [0.1, 0.15) is 26.7 Å². The Bertz CT molecular complexity index is 1190. The number of benzene rings is 1. The molecule has 0 unspecified atom stereocenters. The second-order valence-electron chi connectivity index (χ2n) is 9.02. The minimum atomic E-state index is -0.454. The Hall–Kier alpha value is -2.64. The van der Waals surface area contributed by atoms with E-state index in [9.17, 15) is 4.39 Å². The summed E-state index contributed by atoms with van der Waals surface area (Å²) in [5.41, 5.74) is 1.38. The first-order chi connectivity index (χ1) is 16.4. The highest BCUT2D eigenvalue weighted by Crippen LogP contribution is 2.32. The molecule has 0 amide bonds. The molecule has 5 rings (SSSR count). The second kappa shape index (κ2) is 9.55. The van der Waals surface area contributed by atoms with Crippen molar-refractivity contribution in [3.8, 4) is 11.3 Å². The van der Waals surface area contributed by atoms with E-state index in [0.29, 0.717) is 28.3 Å². The van der Waals surface area contributed by atoms with Gasteiger partial charge in [-0.2, -0.15) is 4.98 Å². The molecule has 178 valence electrons. The van der Waals surface area contributed by atoms with E-state index in [-0.39, 0.29) is 11.1 Å². The zero-order valence-electron chi connectivity index (χ0n) is 19.3. The highest BCUT2D eigenvalue weighted by Gasteiger charge is 2.29. The summed E-state index contributed by atoms with van der Waals surface area (Å²) in [5.74, 6) is 1.88. The number of anilines is 3. The van der Waals surface area contributed by atoms with Crippen molar-refractivity contribution in [2.24, 2.45) is 0 Å². The van der Waals surface area contributed by atoms with Gasteiger partial charge in [0.2, 0.25) is 5.95 Å². The maximum atomic E-state index is 14.3. The van der Waals surface area contributed by atoms with E-state index in [1.165, 1.54) is 6.07 Å². The van der Waals surface area contributed by atoms with Gasteiger partial charge in [-0.3, -0.25) is 0 Å². The van der Waals surface area contributed by atoms with Crippen LogP contribution < -0.4 is 14.7 Å². The van der Waals surface area contributed by atoms with Crippen LogP contribution in [0.2, 0.25) is 10.0 Å². The summed E-state index contributed by atoms with van der Waals surface area (Å²) in [6.07, 6.45) is 4.02. The summed E-state index contributed by atoms with van der Waals surface area (Å²) in [7, 11) is 0. The van der Waals surface area contributed by atoms with E-state index < -0.39 is 5.82 Å². The van der Waals surface area contributed by atoms with Crippen molar-refractivity contribution < 1.29 is 4.39 Å². The molecule has 0 aliphatic carbocycles. The first-order valence-electron chi connectivity index (χ1n) is 11.6. The Morgan fingerprint density at radius 1 is 0.941 bits per heavy atom. The molecule has 9 heteroatoms. The standard InChI is InChI=1S/C25H27Cl2FN6/c1-16-5-4-10-33(16)23-14-22(18-7-8-19(26)21(28)13-18)30-25(31-23)34-12-11-32(15-17(34)2)24-20(27)6-3-9-29-24/h3,6-9,13-14,16-17H,4-5,10-12,15H2,1-2H3/t16-,17+/m1/s1. The van der Waals surface area contributed by atoms with Gasteiger partial charge in [-0.1, -0.05) is 29.3 Å². The third-order valence-electron chi connectivity index (χ3n) is 6.69. The zero-order chi connectivity index (χ0) is 23.8. The van der Waals surface area contributed by atoms with E-state index in [4.69, 9.17) is 33.2 Å². The van der Waals surface area contributed by atoms with Crippen LogP contribution in [0.5, 0.6) is 0 Å². The lowest BCUT2D eigenvalue weighted by atomic mass is 10.1. The van der Waals surface area contributed by atoms with Crippen molar-refractivity contribution in [1.82, 2.24) is 15.0 Å². The molecule has 3 aromatic rings. The highest BCUT2D eigenvalue weighted by atomic mass is 35.5. The molecular weight excluding hydrogens is 474 g/mol. The molecule has 1 aromatic carbocycles. The molecule has 0 radical (unpaired) electrons. The van der Waals surface area contributed by atoms with Gasteiger partial charge < -0.3 is 14.7 Å². The van der Waals surface area contributed by atoms with Gasteiger partial charge in [0.15, 0.2) is 0 Å². The van der Waals surface area contributed by atoms with Gasteiger partial charge in [-0.05, 0) is 51.0 Å². The molecule has 2 saturated heterocycles. The van der Waals surface area contributed by atoms with Crippen LogP contribution in [0.3, 0.4) is 0 Å². The summed E-state index contributed by atoms with van der Waals surface area (Å²) in [5, 5.41) is 0.751. The van der Waals surface area contributed by atoms with Crippen LogP contribution in [0.4, 0.5) is 22.0 Å². The van der Waals surface area contributed by atoms with E-state index in [2.05, 4.69) is 33.5 Å². The van der Waals surface area contributed by atoms with Crippen LogP contribution in [0.25, 0.3) is 11.3 Å². The number of aromatic nitrogens is 3. The van der Waals surface area contributed by atoms with Gasteiger partial charge in [-0.15, -0.1) is 0 Å². The fraction of sp³-hybridized carbons (Fsp3) is 0.400. The predicted molar refractivity (Wildman–Crippen MR) is 137 cm³/mol. The van der Waals surface area contributed by atoms with Crippen molar-refractivity contribution in [3.63, 3.8) is 0 Å². The molecule has 2 aliphatic heterocycles. The minimum Gasteiger partial charge on any atom is -0.354 e. The van der Waals surface area contributed by atoms with Crippen molar-refractivity contribution >= 4 is 40.8 Å². The van der Waals surface area contributed by atoms with Crippen LogP contribution in [-0.2, 0) is 0 Å². The van der Waals surface area contributed by atoms with Gasteiger partial charge in [-0.25, -0.2) is 14.4 Å². The van der Waals surface area contributed by atoms with E-state index in [1.807, 2.05) is 18.2 Å². The second-order valence-corrected chi connectivity index (χ2v) is 9.84. The largest absolute Gasteiger partial charge is 0.354 e. The lowest BCUT2D eigenvalue weighted by molar-refractivity contribution is 0.537. The number of nitrogens with zero attached hydrogens (tertiary/aromatic N) is 6. The number of pyridine rings is 1. The Kier molecular flexibility index (Phi) is 6.49. The number of rotatable bonds is 4. The number of piperazine rings is 1. The van der Waals surface area contributed by atoms with Crippen molar-refractivity contribution in [2.45, 2.75) is 38.8 Å². The van der Waals surface area contributed by atoms with Gasteiger partial charge in [0.1, 0.15) is 17.5 Å². The molecule has 2 aromatic heterocycles. The van der Waals surface area contributed by atoms with Crippen LogP contribution in [-0.4, -0.2) is 53.2 Å². The molecule has 34 heavy (non-hydrogen) atoms. The molecule has 6 nitrogen and oxygen atoms in total. The average molecular weight is 501 g/mol. The SMILES string of the molecule is C[C@@H]1CCCN1c1cc(-c2ccc(Cl)c(F)c2)nc(N2CCN(c3ncccc3Cl)C[C@@H]2C)n1. The van der Waals surface area contributed by atoms with Gasteiger partial charge >= 0.3 is 0 Å². The molecule has 2 aliphatic rings. The molecular formula is C25H27Cl2FN6. The van der Waals surface area contributed by atoms with Crippen molar-refractivity contribution in [2.75, 3.05) is 40.9 Å². The van der Waals surface area contributed by atoms with Crippen molar-refractivity contribution in [1.29, 1.82) is 0 Å². The topological polar surface area (TPSA) is 48.4 Å². The number of hydrogen-bond acceptors (Lipinski definition) is 6. The van der Waals surface area contributed by atoms with Crippen LogP contribution in [0, 0.1) is 5.82 Å². The smallest absolute Gasteiger partial charge is 0.228 e. The zero-order valence-corrected chi connectivity index (χ0v) is 20.8. The summed E-state index contributed by atoms with van der Waals surface area (Å²) >= 11 is 12.3. The Morgan fingerprint density at radius 2 is 1.79 bits per heavy atom. The monoisotopic (exact) mass is 500 g/mol. The van der Waals surface area contributed by atoms with Crippen LogP contribution in [0.15, 0.2) is 42.6 Å². The van der Waals surface area contributed by atoms with E-state index in [1.54, 1.807) is 18.3 Å². The number of halogens is 3. The predicted octanol–water partition coefficient (Wildman–Crippen LogP) is 5.69. The molecule has 4 heterocycles. The summed E-state index contributed by atoms with van der Waals surface area (Å²) < 4.78 is 14.3. The molecule has 2 atom stereocenters. The van der Waals surface area contributed by atoms with Crippen molar-refractivity contribution in [3.05, 3.63) is 58.5 Å². The maximum Gasteiger partial charge on any atom is 0.228 e. The third kappa shape index (κ3) is 4.51. The summed E-state index contributed by atoms with van der Waals surface area (Å²) in [4.78, 5) is 21.1. The lowest BCUT2D eigenvalue weighted by Crippen LogP contribution is -2.53. The Morgan fingerprint density at radius 3 is 2.50 bits per heavy atom. The summed E-state index contributed by atoms with van der Waals surface area (Å²) in [6.45, 7) is 7.54. The van der Waals surface area contributed by atoms with E-state index >= 15 is 0 Å². The third-order valence-corrected chi connectivity index (χ3v) is 7.29. The molecule has 0 bridgehead atoms.